The van der Waals surface area contributed by atoms with Gasteiger partial charge in [0.05, 0.1) is 5.52 Å². The summed E-state index contributed by atoms with van der Waals surface area (Å²) in [6.07, 6.45) is 3.35. The Kier molecular flexibility index (Phi) is 2.80. The predicted molar refractivity (Wildman–Crippen MR) is 75.2 cm³/mol. The number of carbonyl (C=O) groups excluding carboxylic acids is 1. The van der Waals surface area contributed by atoms with Crippen molar-refractivity contribution in [1.82, 2.24) is 9.97 Å². The van der Waals surface area contributed by atoms with Gasteiger partial charge in [0.15, 0.2) is 0 Å². The van der Waals surface area contributed by atoms with E-state index < -0.39 is 5.91 Å². The summed E-state index contributed by atoms with van der Waals surface area (Å²) in [4.78, 5) is 19.7. The van der Waals surface area contributed by atoms with Crippen LogP contribution in [0.2, 0.25) is 0 Å². The highest BCUT2D eigenvalue weighted by atomic mass is 16.3. The Morgan fingerprint density at radius 1 is 1.05 bits per heavy atom. The summed E-state index contributed by atoms with van der Waals surface area (Å²) >= 11 is 0. The topological polar surface area (TPSA) is 89.1 Å². The number of pyridine rings is 2. The van der Waals surface area contributed by atoms with E-state index in [1.807, 2.05) is 0 Å². The second-order valence-electron chi connectivity index (χ2n) is 4.37. The van der Waals surface area contributed by atoms with Crippen LogP contribution in [-0.4, -0.2) is 21.0 Å². The van der Waals surface area contributed by atoms with Gasteiger partial charge in [0, 0.05) is 23.3 Å². The van der Waals surface area contributed by atoms with Gasteiger partial charge in [0.1, 0.15) is 11.4 Å². The third-order valence-corrected chi connectivity index (χ3v) is 3.03. The number of nitrogens with zero attached hydrogens (tertiary/aromatic N) is 2. The van der Waals surface area contributed by atoms with Crippen LogP contribution in [-0.2, 0) is 0 Å². The molecule has 0 aliphatic heterocycles. The number of aromatic nitrogens is 2. The zero-order valence-electron chi connectivity index (χ0n) is 10.4. The van der Waals surface area contributed by atoms with Gasteiger partial charge in [-0.2, -0.15) is 0 Å². The monoisotopic (exact) mass is 265 g/mol. The molecule has 2 heterocycles. The minimum absolute atomic E-state index is 0.188. The number of fused-ring (bicyclic) bond motifs is 1. The maximum absolute atomic E-state index is 11.2. The van der Waals surface area contributed by atoms with E-state index in [4.69, 9.17) is 5.73 Å². The highest BCUT2D eigenvalue weighted by molar-refractivity contribution is 5.97. The summed E-state index contributed by atoms with van der Waals surface area (Å²) in [5, 5.41) is 10.2. The number of benzene rings is 1. The maximum atomic E-state index is 11.2. The summed E-state index contributed by atoms with van der Waals surface area (Å²) in [7, 11) is 0. The van der Waals surface area contributed by atoms with Gasteiger partial charge < -0.3 is 10.8 Å². The van der Waals surface area contributed by atoms with Crippen molar-refractivity contribution in [2.75, 3.05) is 0 Å². The summed E-state index contributed by atoms with van der Waals surface area (Å²) < 4.78 is 0. The van der Waals surface area contributed by atoms with Crippen LogP contribution in [0, 0.1) is 0 Å². The van der Waals surface area contributed by atoms with Crippen molar-refractivity contribution in [2.24, 2.45) is 5.73 Å². The number of phenols is 1. The van der Waals surface area contributed by atoms with Crippen LogP contribution in [0.3, 0.4) is 0 Å². The standard InChI is InChI=1S/C15H11N3O2/c16-15(20)13-6-3-10-7-17-8-12(14(10)18-13)9-1-4-11(19)5-2-9/h1-8,19H,(H2,16,20). The molecule has 0 aliphatic carbocycles. The van der Waals surface area contributed by atoms with Crippen molar-refractivity contribution >= 4 is 16.8 Å². The van der Waals surface area contributed by atoms with Crippen molar-refractivity contribution in [2.45, 2.75) is 0 Å². The molecule has 0 atom stereocenters. The average Bonchev–Trinajstić information content (AvgIpc) is 2.47. The van der Waals surface area contributed by atoms with Crippen LogP contribution < -0.4 is 5.73 Å². The number of hydrogen-bond donors (Lipinski definition) is 2. The molecule has 3 aromatic rings. The first-order valence-electron chi connectivity index (χ1n) is 5.99. The van der Waals surface area contributed by atoms with Crippen LogP contribution >= 0.6 is 0 Å². The summed E-state index contributed by atoms with van der Waals surface area (Å²) in [5.41, 5.74) is 7.77. The number of primary amides is 1. The Bertz CT molecular complexity index is 798. The number of nitrogens with two attached hydrogens (primary N) is 1. The van der Waals surface area contributed by atoms with E-state index in [-0.39, 0.29) is 11.4 Å². The van der Waals surface area contributed by atoms with E-state index in [0.29, 0.717) is 5.52 Å². The number of phenolic OH excluding ortho intramolecular Hbond substituents is 1. The molecule has 0 radical (unpaired) electrons. The fourth-order valence-electron chi connectivity index (χ4n) is 2.03. The van der Waals surface area contributed by atoms with Crippen molar-refractivity contribution in [3.05, 3.63) is 54.5 Å². The fourth-order valence-corrected chi connectivity index (χ4v) is 2.03. The Hall–Kier alpha value is -2.95. The lowest BCUT2D eigenvalue weighted by Crippen LogP contribution is -2.12. The molecule has 0 spiro atoms. The Balaban J connectivity index is 2.26. The van der Waals surface area contributed by atoms with Crippen molar-refractivity contribution in [3.8, 4) is 16.9 Å². The SMILES string of the molecule is NC(=O)c1ccc2cncc(-c3ccc(O)cc3)c2n1. The predicted octanol–water partition coefficient (Wildman–Crippen LogP) is 2.10. The molecule has 1 amide bonds. The fraction of sp³-hybridized carbons (Fsp3) is 0. The molecule has 5 nitrogen and oxygen atoms in total. The molecule has 0 bridgehead atoms. The van der Waals surface area contributed by atoms with Gasteiger partial charge in [0.25, 0.3) is 5.91 Å². The van der Waals surface area contributed by atoms with Crippen LogP contribution in [0.15, 0.2) is 48.8 Å². The molecule has 0 saturated heterocycles. The van der Waals surface area contributed by atoms with Crippen LogP contribution in [0.5, 0.6) is 5.75 Å². The Labute approximate surface area is 114 Å². The summed E-state index contributed by atoms with van der Waals surface area (Å²) in [6, 6.07) is 10.1. The lowest BCUT2D eigenvalue weighted by molar-refractivity contribution is 0.0996. The molecule has 5 heteroatoms. The van der Waals surface area contributed by atoms with E-state index in [1.54, 1.807) is 48.8 Å². The molecule has 1 aromatic carbocycles. The van der Waals surface area contributed by atoms with E-state index in [9.17, 15) is 9.90 Å². The van der Waals surface area contributed by atoms with Crippen LogP contribution in [0.4, 0.5) is 0 Å². The van der Waals surface area contributed by atoms with E-state index in [1.165, 1.54) is 0 Å². The van der Waals surface area contributed by atoms with Crippen LogP contribution in [0.25, 0.3) is 22.0 Å². The minimum atomic E-state index is -0.569. The first-order valence-corrected chi connectivity index (χ1v) is 5.99. The first kappa shape index (κ1) is 12.1. The maximum Gasteiger partial charge on any atom is 0.267 e. The Morgan fingerprint density at radius 3 is 2.50 bits per heavy atom. The highest BCUT2D eigenvalue weighted by Gasteiger charge is 2.09. The molecule has 0 fully saturated rings. The average molecular weight is 265 g/mol. The largest absolute Gasteiger partial charge is 0.508 e. The number of aromatic hydroxyl groups is 1. The number of rotatable bonds is 2. The van der Waals surface area contributed by atoms with Crippen molar-refractivity contribution in [1.29, 1.82) is 0 Å². The van der Waals surface area contributed by atoms with Gasteiger partial charge in [-0.1, -0.05) is 12.1 Å². The molecular weight excluding hydrogens is 254 g/mol. The van der Waals surface area contributed by atoms with Crippen LogP contribution in [0.1, 0.15) is 10.5 Å². The smallest absolute Gasteiger partial charge is 0.267 e. The molecule has 3 rings (SSSR count). The summed E-state index contributed by atoms with van der Waals surface area (Å²) in [6.45, 7) is 0. The Morgan fingerprint density at radius 2 is 1.80 bits per heavy atom. The minimum Gasteiger partial charge on any atom is -0.508 e. The highest BCUT2D eigenvalue weighted by Crippen LogP contribution is 2.27. The number of hydrogen-bond acceptors (Lipinski definition) is 4. The second kappa shape index (κ2) is 4.62. The normalized spacial score (nSPS) is 10.6. The molecular formula is C15H11N3O2. The molecule has 0 unspecified atom stereocenters. The quantitative estimate of drug-likeness (QED) is 0.742. The zero-order valence-corrected chi connectivity index (χ0v) is 10.4. The van der Waals surface area contributed by atoms with Gasteiger partial charge in [-0.05, 0) is 29.8 Å². The lowest BCUT2D eigenvalue weighted by Gasteiger charge is -2.06. The van der Waals surface area contributed by atoms with E-state index >= 15 is 0 Å². The van der Waals surface area contributed by atoms with Gasteiger partial charge in [0.2, 0.25) is 0 Å². The molecule has 0 saturated carbocycles. The molecule has 0 aliphatic rings. The van der Waals surface area contributed by atoms with Crippen molar-refractivity contribution in [3.63, 3.8) is 0 Å². The van der Waals surface area contributed by atoms with Gasteiger partial charge in [-0.15, -0.1) is 0 Å². The molecule has 98 valence electrons. The second-order valence-corrected chi connectivity index (χ2v) is 4.37. The zero-order chi connectivity index (χ0) is 14.1. The van der Waals surface area contributed by atoms with E-state index in [2.05, 4.69) is 9.97 Å². The number of amides is 1. The number of carbonyl (C=O) groups is 1. The van der Waals surface area contributed by atoms with Gasteiger partial charge in [-0.3, -0.25) is 9.78 Å². The van der Waals surface area contributed by atoms with Crippen molar-refractivity contribution < 1.29 is 9.90 Å². The third kappa shape index (κ3) is 2.05. The molecule has 3 N–H and O–H groups in total. The third-order valence-electron chi connectivity index (χ3n) is 3.03. The van der Waals surface area contributed by atoms with E-state index in [0.717, 1.165) is 16.5 Å². The molecule has 20 heavy (non-hydrogen) atoms. The lowest BCUT2D eigenvalue weighted by atomic mass is 10.0. The van der Waals surface area contributed by atoms with Gasteiger partial charge in [-0.25, -0.2) is 4.98 Å². The van der Waals surface area contributed by atoms with Gasteiger partial charge >= 0.3 is 0 Å². The first-order chi connectivity index (χ1) is 9.65. The molecule has 2 aromatic heterocycles. The summed E-state index contributed by atoms with van der Waals surface area (Å²) in [5.74, 6) is -0.381.